The zero-order chi connectivity index (χ0) is 30.2. The topological polar surface area (TPSA) is 115 Å². The number of fused-ring (bicyclic) bond motifs is 1. The number of aliphatic hydroxyl groups is 1. The van der Waals surface area contributed by atoms with E-state index in [0.717, 1.165) is 29.0 Å². The third-order valence-corrected chi connectivity index (χ3v) is 10.2. The fourth-order valence-electron chi connectivity index (χ4n) is 4.88. The second kappa shape index (κ2) is 11.9. The Kier molecular flexibility index (Phi) is 8.59. The van der Waals surface area contributed by atoms with Gasteiger partial charge < -0.3 is 14.7 Å². The molecule has 12 heteroatoms. The molecule has 2 aromatic carbocycles. The number of likely N-dealkylation sites (tertiary alicyclic amines) is 1. The van der Waals surface area contributed by atoms with Gasteiger partial charge in [-0.15, -0.1) is 0 Å². The third-order valence-electron chi connectivity index (χ3n) is 7.28. The van der Waals surface area contributed by atoms with Crippen molar-refractivity contribution >= 4 is 46.6 Å². The number of imidazole rings is 1. The van der Waals surface area contributed by atoms with Crippen LogP contribution in [0.3, 0.4) is 0 Å². The van der Waals surface area contributed by atoms with Crippen LogP contribution in [0.25, 0.3) is 33.5 Å². The van der Waals surface area contributed by atoms with Crippen molar-refractivity contribution in [2.75, 3.05) is 26.0 Å². The molecule has 1 aliphatic rings. The molecule has 3 heterocycles. The highest BCUT2D eigenvalue weighted by atomic mass is 35.5. The van der Waals surface area contributed by atoms with Gasteiger partial charge in [-0.2, -0.15) is 4.98 Å². The fourth-order valence-corrected chi connectivity index (χ4v) is 6.70. The Morgan fingerprint density at radius 2 is 1.67 bits per heavy atom. The van der Waals surface area contributed by atoms with E-state index in [0.29, 0.717) is 47.9 Å². The van der Waals surface area contributed by atoms with Gasteiger partial charge in [0.25, 0.3) is 5.91 Å². The van der Waals surface area contributed by atoms with Crippen molar-refractivity contribution < 1.29 is 23.1 Å². The zero-order valence-electron chi connectivity index (χ0n) is 24.2. The number of β-amino-alcohol motifs (C(OH)–C–C–N with tert-alkyl or cyclic N) is 1. The minimum atomic E-state index is -3.64. The molecule has 1 saturated heterocycles. The van der Waals surface area contributed by atoms with Crippen LogP contribution in [-0.2, 0) is 21.3 Å². The summed E-state index contributed by atoms with van der Waals surface area (Å²) in [6, 6.07) is 17.7. The van der Waals surface area contributed by atoms with Crippen LogP contribution in [0.4, 0.5) is 0 Å². The van der Waals surface area contributed by atoms with Crippen LogP contribution in [0.15, 0.2) is 59.8 Å². The van der Waals surface area contributed by atoms with Gasteiger partial charge in [-0.1, -0.05) is 67.6 Å². The van der Waals surface area contributed by atoms with Gasteiger partial charge in [-0.3, -0.25) is 9.36 Å². The number of nitrogens with zero attached hydrogens (tertiary/aromatic N) is 4. The Hall–Kier alpha value is -3.09. The highest BCUT2D eigenvalue weighted by molar-refractivity contribution is 7.90. The van der Waals surface area contributed by atoms with Crippen LogP contribution >= 0.6 is 11.6 Å². The van der Waals surface area contributed by atoms with E-state index in [4.69, 9.17) is 16.3 Å². The molecule has 9 nitrogen and oxygen atoms in total. The van der Waals surface area contributed by atoms with Crippen LogP contribution in [0.1, 0.15) is 16.8 Å². The lowest BCUT2D eigenvalue weighted by molar-refractivity contribution is 0.0765. The molecule has 42 heavy (non-hydrogen) atoms. The summed E-state index contributed by atoms with van der Waals surface area (Å²) >= 11 is 6.68. The van der Waals surface area contributed by atoms with E-state index in [-0.39, 0.29) is 23.4 Å². The zero-order valence-corrected chi connectivity index (χ0v) is 26.7. The molecule has 0 bridgehead atoms. The lowest BCUT2D eigenvalue weighted by Gasteiger charge is -2.16. The van der Waals surface area contributed by atoms with Gasteiger partial charge in [0.15, 0.2) is 5.65 Å². The van der Waals surface area contributed by atoms with E-state index < -0.39 is 24.0 Å². The average Bonchev–Trinajstić information content (AvgIpc) is 3.53. The number of amides is 1. The molecule has 0 unspecified atom stereocenters. The van der Waals surface area contributed by atoms with Crippen LogP contribution in [0.5, 0.6) is 0 Å². The van der Waals surface area contributed by atoms with Gasteiger partial charge in [0, 0.05) is 45.2 Å². The first-order chi connectivity index (χ1) is 19.8. The molecular formula is C30H35ClN4O5SSi. The second-order valence-electron chi connectivity index (χ2n) is 12.0. The van der Waals surface area contributed by atoms with Crippen LogP contribution < -0.4 is 0 Å². The highest BCUT2D eigenvalue weighted by Gasteiger charge is 2.26. The lowest BCUT2D eigenvalue weighted by atomic mass is 10.0. The van der Waals surface area contributed by atoms with E-state index in [9.17, 15) is 18.3 Å². The SMILES string of the molecule is C[Si](C)(C)CCOCn1c(S(C)(=O)=O)nc2nc(-c3ccc(-c4ccc(C(=O)N5CC[C@@H](O)C5)cc4)cc3)c(Cl)cc21. The van der Waals surface area contributed by atoms with Crippen molar-refractivity contribution in [1.29, 1.82) is 0 Å². The normalized spacial score (nSPS) is 16.0. The van der Waals surface area contributed by atoms with Crippen LogP contribution in [0, 0.1) is 0 Å². The molecule has 4 aromatic rings. The molecular weight excluding hydrogens is 592 g/mol. The Morgan fingerprint density at radius 1 is 1.05 bits per heavy atom. The molecule has 0 saturated carbocycles. The first kappa shape index (κ1) is 30.4. The molecule has 0 spiro atoms. The Bertz CT molecular complexity index is 1720. The Balaban J connectivity index is 1.38. The summed E-state index contributed by atoms with van der Waals surface area (Å²) in [7, 11) is -4.94. The summed E-state index contributed by atoms with van der Waals surface area (Å²) in [5.41, 5.74) is 4.50. The van der Waals surface area contributed by atoms with Gasteiger partial charge in [-0.05, 0) is 41.8 Å². The predicted molar refractivity (Wildman–Crippen MR) is 167 cm³/mol. The van der Waals surface area contributed by atoms with Gasteiger partial charge in [0.1, 0.15) is 6.73 Å². The lowest BCUT2D eigenvalue weighted by Crippen LogP contribution is -2.29. The quantitative estimate of drug-likeness (QED) is 0.197. The van der Waals surface area contributed by atoms with Crippen molar-refractivity contribution in [3.8, 4) is 22.4 Å². The molecule has 1 fully saturated rings. The Morgan fingerprint density at radius 3 is 2.24 bits per heavy atom. The fraction of sp³-hybridized carbons (Fsp3) is 0.367. The maximum atomic E-state index is 12.7. The van der Waals surface area contributed by atoms with Gasteiger partial charge in [0.05, 0.1) is 22.3 Å². The number of halogens is 1. The number of carbonyl (C=O) groups is 1. The summed E-state index contributed by atoms with van der Waals surface area (Å²) in [4.78, 5) is 23.4. The van der Waals surface area contributed by atoms with E-state index in [1.807, 2.05) is 36.4 Å². The predicted octanol–water partition coefficient (Wildman–Crippen LogP) is 5.34. The van der Waals surface area contributed by atoms with E-state index >= 15 is 0 Å². The number of aromatic nitrogens is 3. The monoisotopic (exact) mass is 626 g/mol. The maximum absolute atomic E-state index is 12.7. The van der Waals surface area contributed by atoms with Crippen LogP contribution in [-0.4, -0.2) is 79.0 Å². The number of rotatable bonds is 9. The van der Waals surface area contributed by atoms with Crippen molar-refractivity contribution in [3.63, 3.8) is 0 Å². The molecule has 0 aliphatic carbocycles. The second-order valence-corrected chi connectivity index (χ2v) is 19.9. The molecule has 222 valence electrons. The van der Waals surface area contributed by atoms with Crippen molar-refractivity contribution in [2.45, 2.75) is 50.1 Å². The molecule has 1 aliphatic heterocycles. The first-order valence-corrected chi connectivity index (χ1v) is 19.8. The average molecular weight is 627 g/mol. The molecule has 1 atom stereocenters. The minimum absolute atomic E-state index is 0.0415. The van der Waals surface area contributed by atoms with Crippen molar-refractivity contribution in [1.82, 2.24) is 19.4 Å². The number of carbonyl (C=O) groups excluding carboxylic acids is 1. The van der Waals surface area contributed by atoms with Crippen molar-refractivity contribution in [3.05, 3.63) is 65.2 Å². The number of ether oxygens (including phenoxy) is 1. The van der Waals surface area contributed by atoms with E-state index in [2.05, 4.69) is 29.6 Å². The molecule has 1 amide bonds. The maximum Gasteiger partial charge on any atom is 0.253 e. The highest BCUT2D eigenvalue weighted by Crippen LogP contribution is 2.32. The number of hydrogen-bond acceptors (Lipinski definition) is 7. The van der Waals surface area contributed by atoms with Crippen LogP contribution in [0.2, 0.25) is 30.7 Å². The van der Waals surface area contributed by atoms with Gasteiger partial charge in [0.2, 0.25) is 15.0 Å². The van der Waals surface area contributed by atoms with Gasteiger partial charge in [-0.25, -0.2) is 13.4 Å². The first-order valence-electron chi connectivity index (χ1n) is 13.8. The Labute approximate surface area is 252 Å². The third kappa shape index (κ3) is 6.76. The number of sulfone groups is 1. The molecule has 5 rings (SSSR count). The summed E-state index contributed by atoms with van der Waals surface area (Å²) in [6.45, 7) is 8.27. The van der Waals surface area contributed by atoms with Crippen molar-refractivity contribution in [2.24, 2.45) is 0 Å². The summed E-state index contributed by atoms with van der Waals surface area (Å²) in [5.74, 6) is -0.0795. The van der Waals surface area contributed by atoms with Gasteiger partial charge >= 0.3 is 0 Å². The largest absolute Gasteiger partial charge is 0.391 e. The number of aliphatic hydroxyl groups excluding tert-OH is 1. The summed E-state index contributed by atoms with van der Waals surface area (Å²) in [6.07, 6.45) is 1.27. The molecule has 2 aromatic heterocycles. The summed E-state index contributed by atoms with van der Waals surface area (Å²) in [5, 5.41) is 9.99. The smallest absolute Gasteiger partial charge is 0.253 e. The molecule has 1 N–H and O–H groups in total. The number of hydrogen-bond donors (Lipinski definition) is 1. The van der Waals surface area contributed by atoms with E-state index in [1.54, 1.807) is 23.1 Å². The molecule has 0 radical (unpaired) electrons. The minimum Gasteiger partial charge on any atom is -0.391 e. The summed E-state index contributed by atoms with van der Waals surface area (Å²) < 4.78 is 32.4. The standard InChI is InChI=1S/C30H35ClN4O5SSi/c1-41(38,39)30-33-28-26(35(30)19-40-15-16-42(2,3)4)17-25(31)27(32-28)22-9-5-20(6-10-22)21-7-11-23(12-8-21)29(37)34-14-13-24(36)18-34/h5-12,17,24,36H,13-16,18-19H2,1-4H3/t24-/m1/s1. The van der Waals surface area contributed by atoms with E-state index in [1.165, 1.54) is 4.57 Å². The number of benzene rings is 2. The number of pyridine rings is 1.